The van der Waals surface area contributed by atoms with Crippen LogP contribution in [-0.4, -0.2) is 30.3 Å². The van der Waals surface area contributed by atoms with Crippen LogP contribution in [-0.2, 0) is 0 Å². The number of nitriles is 1. The zero-order valence-electron chi connectivity index (χ0n) is 14.5. The second-order valence-corrected chi connectivity index (χ2v) is 5.77. The van der Waals surface area contributed by atoms with Gasteiger partial charge in [0.2, 0.25) is 0 Å². The minimum Gasteiger partial charge on any atom is -0.342 e. The Hall–Kier alpha value is -3.13. The molecule has 2 aromatic rings. The molecule has 0 aliphatic heterocycles. The van der Waals surface area contributed by atoms with Crippen LogP contribution < -0.4 is 5.32 Å². The standard InChI is InChI=1S/C20H21N3O2/c1-3-4-12-23(2)20(25)16-10-7-9-15(13-16)19(24)22-18-11-6-5-8-17(18)14-21/h5-11,13H,3-4,12H2,1-2H3,(H,22,24). The van der Waals surface area contributed by atoms with Gasteiger partial charge in [-0.05, 0) is 36.8 Å². The van der Waals surface area contributed by atoms with Gasteiger partial charge in [0.05, 0.1) is 11.3 Å². The minimum atomic E-state index is -0.353. The van der Waals surface area contributed by atoms with E-state index in [9.17, 15) is 9.59 Å². The smallest absolute Gasteiger partial charge is 0.255 e. The van der Waals surface area contributed by atoms with Crippen molar-refractivity contribution in [3.05, 3.63) is 65.2 Å². The van der Waals surface area contributed by atoms with E-state index in [0.29, 0.717) is 28.9 Å². The van der Waals surface area contributed by atoms with Crippen molar-refractivity contribution in [2.24, 2.45) is 0 Å². The number of anilines is 1. The van der Waals surface area contributed by atoms with E-state index in [1.807, 2.05) is 6.07 Å². The molecule has 0 bridgehead atoms. The lowest BCUT2D eigenvalue weighted by Crippen LogP contribution is -2.28. The first-order chi connectivity index (χ1) is 12.1. The quantitative estimate of drug-likeness (QED) is 0.875. The summed E-state index contributed by atoms with van der Waals surface area (Å²) in [6.45, 7) is 2.75. The molecular formula is C20H21N3O2. The molecule has 0 radical (unpaired) electrons. The number of carbonyl (C=O) groups excluding carboxylic acids is 2. The Balaban J connectivity index is 2.16. The molecule has 0 spiro atoms. The minimum absolute atomic E-state index is 0.111. The summed E-state index contributed by atoms with van der Waals surface area (Å²) in [4.78, 5) is 26.5. The van der Waals surface area contributed by atoms with Gasteiger partial charge in [-0.2, -0.15) is 5.26 Å². The Morgan fingerprint density at radius 3 is 2.56 bits per heavy atom. The van der Waals surface area contributed by atoms with Crippen LogP contribution in [0.25, 0.3) is 0 Å². The SMILES string of the molecule is CCCCN(C)C(=O)c1cccc(C(=O)Nc2ccccc2C#N)c1. The van der Waals surface area contributed by atoms with Gasteiger partial charge in [0, 0.05) is 24.7 Å². The van der Waals surface area contributed by atoms with Crippen LogP contribution in [0.15, 0.2) is 48.5 Å². The maximum absolute atomic E-state index is 12.5. The van der Waals surface area contributed by atoms with Crippen LogP contribution in [0.5, 0.6) is 0 Å². The Morgan fingerprint density at radius 1 is 1.12 bits per heavy atom. The summed E-state index contributed by atoms with van der Waals surface area (Å²) in [6, 6.07) is 15.4. The van der Waals surface area contributed by atoms with Crippen molar-refractivity contribution in [3.8, 4) is 6.07 Å². The average Bonchev–Trinajstić information content (AvgIpc) is 2.65. The molecule has 2 rings (SSSR count). The van der Waals surface area contributed by atoms with Crippen molar-refractivity contribution in [2.75, 3.05) is 18.9 Å². The van der Waals surface area contributed by atoms with Gasteiger partial charge in [-0.1, -0.05) is 31.5 Å². The summed E-state index contributed by atoms with van der Waals surface area (Å²) in [5.41, 5.74) is 1.69. The molecule has 0 unspecified atom stereocenters. The molecule has 0 fully saturated rings. The second kappa shape index (κ2) is 8.65. The highest BCUT2D eigenvalue weighted by Gasteiger charge is 2.14. The molecule has 5 nitrogen and oxygen atoms in total. The number of unbranched alkanes of at least 4 members (excludes halogenated alkanes) is 1. The second-order valence-electron chi connectivity index (χ2n) is 5.77. The van der Waals surface area contributed by atoms with Gasteiger partial charge in [0.15, 0.2) is 0 Å². The highest BCUT2D eigenvalue weighted by Crippen LogP contribution is 2.16. The van der Waals surface area contributed by atoms with Gasteiger partial charge in [-0.15, -0.1) is 0 Å². The van der Waals surface area contributed by atoms with E-state index >= 15 is 0 Å². The maximum Gasteiger partial charge on any atom is 0.255 e. The third-order valence-corrected chi connectivity index (χ3v) is 3.86. The van der Waals surface area contributed by atoms with Crippen LogP contribution in [0.4, 0.5) is 5.69 Å². The molecular weight excluding hydrogens is 314 g/mol. The zero-order valence-corrected chi connectivity index (χ0v) is 14.5. The zero-order chi connectivity index (χ0) is 18.2. The van der Waals surface area contributed by atoms with Crippen LogP contribution >= 0.6 is 0 Å². The van der Waals surface area contributed by atoms with Crippen LogP contribution in [0.1, 0.15) is 46.0 Å². The fraction of sp³-hybridized carbons (Fsp3) is 0.250. The Bertz CT molecular complexity index is 809. The summed E-state index contributed by atoms with van der Waals surface area (Å²) in [5, 5.41) is 11.8. The van der Waals surface area contributed by atoms with Gasteiger partial charge >= 0.3 is 0 Å². The van der Waals surface area contributed by atoms with Crippen molar-refractivity contribution in [1.29, 1.82) is 5.26 Å². The average molecular weight is 335 g/mol. The third-order valence-electron chi connectivity index (χ3n) is 3.86. The molecule has 0 aliphatic carbocycles. The summed E-state index contributed by atoms with van der Waals surface area (Å²) in [6.07, 6.45) is 1.95. The number of nitrogens with one attached hydrogen (secondary N) is 1. The van der Waals surface area contributed by atoms with E-state index in [1.165, 1.54) is 0 Å². The number of hydrogen-bond donors (Lipinski definition) is 1. The van der Waals surface area contributed by atoms with E-state index in [-0.39, 0.29) is 11.8 Å². The molecule has 0 atom stereocenters. The molecule has 0 saturated heterocycles. The molecule has 25 heavy (non-hydrogen) atoms. The molecule has 128 valence electrons. The van der Waals surface area contributed by atoms with E-state index in [1.54, 1.807) is 60.5 Å². The molecule has 0 aliphatic rings. The number of nitrogens with zero attached hydrogens (tertiary/aromatic N) is 2. The van der Waals surface area contributed by atoms with Gasteiger partial charge in [-0.25, -0.2) is 0 Å². The lowest BCUT2D eigenvalue weighted by Gasteiger charge is -2.17. The van der Waals surface area contributed by atoms with Gasteiger partial charge in [-0.3, -0.25) is 9.59 Å². The lowest BCUT2D eigenvalue weighted by atomic mass is 10.1. The number of amides is 2. The largest absolute Gasteiger partial charge is 0.342 e. The first-order valence-corrected chi connectivity index (χ1v) is 8.22. The summed E-state index contributed by atoms with van der Waals surface area (Å²) in [5.74, 6) is -0.464. The molecule has 2 aromatic carbocycles. The predicted octanol–water partition coefficient (Wildman–Crippen LogP) is 3.68. The first kappa shape index (κ1) is 18.2. The van der Waals surface area contributed by atoms with Gasteiger partial charge in [0.1, 0.15) is 6.07 Å². The van der Waals surface area contributed by atoms with Gasteiger partial charge < -0.3 is 10.2 Å². The monoisotopic (exact) mass is 335 g/mol. The highest BCUT2D eigenvalue weighted by atomic mass is 16.2. The summed E-state index contributed by atoms with van der Waals surface area (Å²) >= 11 is 0. The Labute approximate surface area is 147 Å². The molecule has 5 heteroatoms. The van der Waals surface area contributed by atoms with Crippen LogP contribution in [0, 0.1) is 11.3 Å². The molecule has 0 aromatic heterocycles. The van der Waals surface area contributed by atoms with E-state index < -0.39 is 0 Å². The Kier molecular flexibility index (Phi) is 6.30. The van der Waals surface area contributed by atoms with Gasteiger partial charge in [0.25, 0.3) is 11.8 Å². The van der Waals surface area contributed by atoms with Crippen molar-refractivity contribution >= 4 is 17.5 Å². The fourth-order valence-electron chi connectivity index (χ4n) is 2.39. The normalized spacial score (nSPS) is 9.96. The predicted molar refractivity (Wildman–Crippen MR) is 97.4 cm³/mol. The van der Waals surface area contributed by atoms with E-state index in [0.717, 1.165) is 12.8 Å². The van der Waals surface area contributed by atoms with E-state index in [2.05, 4.69) is 12.2 Å². The Morgan fingerprint density at radius 2 is 1.84 bits per heavy atom. The first-order valence-electron chi connectivity index (χ1n) is 8.22. The van der Waals surface area contributed by atoms with Crippen molar-refractivity contribution in [1.82, 2.24) is 4.90 Å². The number of rotatable bonds is 6. The highest BCUT2D eigenvalue weighted by molar-refractivity contribution is 6.06. The number of benzene rings is 2. The molecule has 2 amide bonds. The summed E-state index contributed by atoms with van der Waals surface area (Å²) in [7, 11) is 1.76. The number of para-hydroxylation sites is 1. The third kappa shape index (κ3) is 4.67. The van der Waals surface area contributed by atoms with Crippen molar-refractivity contribution in [3.63, 3.8) is 0 Å². The lowest BCUT2D eigenvalue weighted by molar-refractivity contribution is 0.0793. The van der Waals surface area contributed by atoms with Crippen LogP contribution in [0.3, 0.4) is 0 Å². The fourth-order valence-corrected chi connectivity index (χ4v) is 2.39. The van der Waals surface area contributed by atoms with Crippen LogP contribution in [0.2, 0.25) is 0 Å². The van der Waals surface area contributed by atoms with Crippen molar-refractivity contribution in [2.45, 2.75) is 19.8 Å². The van der Waals surface area contributed by atoms with E-state index in [4.69, 9.17) is 5.26 Å². The molecule has 0 saturated carbocycles. The molecule has 0 heterocycles. The van der Waals surface area contributed by atoms with Crippen molar-refractivity contribution < 1.29 is 9.59 Å². The maximum atomic E-state index is 12.5. The molecule has 1 N–H and O–H groups in total. The number of hydrogen-bond acceptors (Lipinski definition) is 3. The topological polar surface area (TPSA) is 73.2 Å². The summed E-state index contributed by atoms with van der Waals surface area (Å²) < 4.78 is 0. The number of carbonyl (C=O) groups is 2.